The van der Waals surface area contributed by atoms with E-state index in [1.54, 1.807) is 6.92 Å². The quantitative estimate of drug-likeness (QED) is 0.394. The summed E-state index contributed by atoms with van der Waals surface area (Å²) in [6.45, 7) is 1.72. The minimum absolute atomic E-state index is 0.103. The highest BCUT2D eigenvalue weighted by atomic mass is 32.2. The van der Waals surface area contributed by atoms with Crippen LogP contribution in [0.1, 0.15) is 50.9 Å². The Balaban J connectivity index is 1.56. The number of fused-ring (bicyclic) bond motifs is 1. The van der Waals surface area contributed by atoms with Crippen molar-refractivity contribution in [2.24, 2.45) is 0 Å². The molecule has 0 unspecified atom stereocenters. The number of benzene rings is 2. The number of carbonyl (C=O) groups excluding carboxylic acids is 3. The lowest BCUT2D eigenvalue weighted by atomic mass is 9.95. The molecule has 0 fully saturated rings. The molecule has 0 bridgehead atoms. The molecule has 3 amide bonds. The zero-order chi connectivity index (χ0) is 26.6. The van der Waals surface area contributed by atoms with Gasteiger partial charge in [0.15, 0.2) is 0 Å². The fraction of sp³-hybridized carbons (Fsp3) is 0.240. The molecule has 1 aromatic heterocycles. The number of hydrogen-bond acceptors (Lipinski definition) is 7. The van der Waals surface area contributed by atoms with E-state index in [0.29, 0.717) is 11.4 Å². The van der Waals surface area contributed by atoms with E-state index in [1.165, 1.54) is 35.6 Å². The largest absolute Gasteiger partial charge is 0.450 e. The highest BCUT2D eigenvalue weighted by Crippen LogP contribution is 2.38. The first-order chi connectivity index (χ1) is 17.7. The molecular formula is C25H24FN3O6S2. The van der Waals surface area contributed by atoms with E-state index in [2.05, 4.69) is 15.4 Å². The van der Waals surface area contributed by atoms with Gasteiger partial charge in [0.1, 0.15) is 10.8 Å². The zero-order valence-electron chi connectivity index (χ0n) is 19.8. The highest BCUT2D eigenvalue weighted by molar-refractivity contribution is 7.92. The third-order valence-electron chi connectivity index (χ3n) is 5.62. The van der Waals surface area contributed by atoms with Gasteiger partial charge in [-0.05, 0) is 80.6 Å². The van der Waals surface area contributed by atoms with Crippen molar-refractivity contribution < 1.29 is 31.9 Å². The number of hydrogen-bond donors (Lipinski definition) is 3. The molecule has 4 rings (SSSR count). The molecule has 0 spiro atoms. The van der Waals surface area contributed by atoms with Crippen LogP contribution in [0.3, 0.4) is 0 Å². The van der Waals surface area contributed by atoms with Gasteiger partial charge >= 0.3 is 6.09 Å². The van der Waals surface area contributed by atoms with Crippen LogP contribution in [-0.4, -0.2) is 32.9 Å². The van der Waals surface area contributed by atoms with Crippen LogP contribution >= 0.6 is 11.3 Å². The van der Waals surface area contributed by atoms with Gasteiger partial charge in [-0.25, -0.2) is 17.6 Å². The molecule has 2 aromatic carbocycles. The summed E-state index contributed by atoms with van der Waals surface area (Å²) in [5, 5.41) is 5.24. The van der Waals surface area contributed by atoms with Crippen LogP contribution in [-0.2, 0) is 27.6 Å². The molecule has 1 aliphatic carbocycles. The number of halogens is 1. The van der Waals surface area contributed by atoms with Crippen molar-refractivity contribution in [1.82, 2.24) is 5.32 Å². The summed E-state index contributed by atoms with van der Waals surface area (Å²) < 4.78 is 45.6. The maximum atomic E-state index is 13.2. The van der Waals surface area contributed by atoms with Crippen molar-refractivity contribution in [1.29, 1.82) is 0 Å². The van der Waals surface area contributed by atoms with Gasteiger partial charge in [-0.2, -0.15) is 0 Å². The number of aryl methyl sites for hydroxylation is 1. The standard InChI is InChI=1S/C25H24FN3O6S2/c1-2-35-25(32)28-23(31)21-19-8-3-4-9-20(19)36-24(21)27-22(30)15-6-5-7-17(14-15)29-37(33,34)18-12-10-16(26)11-13-18/h5-7,10-14,29H,2-4,8-9H2,1H3,(H,27,30)(H,28,31,32). The number of amides is 3. The molecule has 194 valence electrons. The fourth-order valence-electron chi connectivity index (χ4n) is 3.94. The van der Waals surface area contributed by atoms with E-state index in [0.717, 1.165) is 54.0 Å². The maximum absolute atomic E-state index is 13.2. The summed E-state index contributed by atoms with van der Waals surface area (Å²) in [7, 11) is -4.01. The first-order valence-electron chi connectivity index (χ1n) is 11.5. The predicted octanol–water partition coefficient (Wildman–Crippen LogP) is 4.71. The van der Waals surface area contributed by atoms with E-state index >= 15 is 0 Å². The van der Waals surface area contributed by atoms with Gasteiger partial charge < -0.3 is 10.1 Å². The van der Waals surface area contributed by atoms with Crippen LogP contribution in [0.25, 0.3) is 0 Å². The minimum atomic E-state index is -4.01. The van der Waals surface area contributed by atoms with Crippen molar-refractivity contribution in [3.63, 3.8) is 0 Å². The lowest BCUT2D eigenvalue weighted by Crippen LogP contribution is -2.32. The summed E-state index contributed by atoms with van der Waals surface area (Å²) in [6, 6.07) is 10.2. The van der Waals surface area contributed by atoms with Gasteiger partial charge in [0.05, 0.1) is 17.1 Å². The second-order valence-corrected chi connectivity index (χ2v) is 11.0. The lowest BCUT2D eigenvalue weighted by molar-refractivity contribution is 0.0925. The van der Waals surface area contributed by atoms with E-state index in [1.807, 2.05) is 0 Å². The number of nitrogens with one attached hydrogen (secondary N) is 3. The normalized spacial score (nSPS) is 12.8. The SMILES string of the molecule is CCOC(=O)NC(=O)c1c(NC(=O)c2cccc(NS(=O)(=O)c3ccc(F)cc3)c2)sc2c1CCCC2. The molecule has 1 heterocycles. The van der Waals surface area contributed by atoms with Crippen molar-refractivity contribution in [3.8, 4) is 0 Å². The summed E-state index contributed by atoms with van der Waals surface area (Å²) in [5.74, 6) is -1.79. The Morgan fingerprint density at radius 2 is 1.76 bits per heavy atom. The maximum Gasteiger partial charge on any atom is 0.414 e. The van der Waals surface area contributed by atoms with Crippen molar-refractivity contribution in [2.45, 2.75) is 37.5 Å². The Morgan fingerprint density at radius 1 is 1.03 bits per heavy atom. The number of anilines is 2. The van der Waals surface area contributed by atoms with Crippen LogP contribution in [0.2, 0.25) is 0 Å². The zero-order valence-corrected chi connectivity index (χ0v) is 21.4. The number of thiophene rings is 1. The Kier molecular flexibility index (Phi) is 7.89. The first kappa shape index (κ1) is 26.3. The predicted molar refractivity (Wildman–Crippen MR) is 137 cm³/mol. The van der Waals surface area contributed by atoms with E-state index in [9.17, 15) is 27.2 Å². The van der Waals surface area contributed by atoms with E-state index in [4.69, 9.17) is 4.74 Å². The van der Waals surface area contributed by atoms with Crippen molar-refractivity contribution in [3.05, 3.63) is 75.9 Å². The molecular weight excluding hydrogens is 521 g/mol. The average Bonchev–Trinajstić information content (AvgIpc) is 3.22. The number of rotatable bonds is 7. The van der Waals surface area contributed by atoms with E-state index < -0.39 is 33.7 Å². The molecule has 37 heavy (non-hydrogen) atoms. The monoisotopic (exact) mass is 545 g/mol. The van der Waals surface area contributed by atoms with Gasteiger partial charge in [-0.15, -0.1) is 11.3 Å². The third-order valence-corrected chi connectivity index (χ3v) is 8.22. The van der Waals surface area contributed by atoms with Gasteiger partial charge in [0, 0.05) is 16.1 Å². The van der Waals surface area contributed by atoms with Gasteiger partial charge in [0.2, 0.25) is 0 Å². The Labute approximate surface area is 217 Å². The molecule has 0 aliphatic heterocycles. The second-order valence-electron chi connectivity index (χ2n) is 8.18. The Morgan fingerprint density at radius 3 is 2.49 bits per heavy atom. The van der Waals surface area contributed by atoms with Crippen LogP contribution in [0.5, 0.6) is 0 Å². The fourth-order valence-corrected chi connectivity index (χ4v) is 6.27. The topological polar surface area (TPSA) is 131 Å². The summed E-state index contributed by atoms with van der Waals surface area (Å²) in [6.07, 6.45) is 2.37. The number of sulfonamides is 1. The van der Waals surface area contributed by atoms with Gasteiger partial charge in [-0.3, -0.25) is 19.6 Å². The summed E-state index contributed by atoms with van der Waals surface area (Å²) >= 11 is 1.28. The number of carbonyl (C=O) groups is 3. The summed E-state index contributed by atoms with van der Waals surface area (Å²) in [4.78, 5) is 38.7. The average molecular weight is 546 g/mol. The molecule has 0 saturated heterocycles. The summed E-state index contributed by atoms with van der Waals surface area (Å²) in [5.41, 5.74) is 1.30. The van der Waals surface area contributed by atoms with Crippen LogP contribution in [0, 0.1) is 5.82 Å². The Bertz CT molecular complexity index is 1450. The third kappa shape index (κ3) is 6.15. The molecule has 0 atom stereocenters. The smallest absolute Gasteiger partial charge is 0.414 e. The van der Waals surface area contributed by atoms with E-state index in [-0.39, 0.29) is 28.3 Å². The number of alkyl carbamates (subject to hydrolysis) is 1. The molecule has 0 saturated carbocycles. The molecule has 3 aromatic rings. The molecule has 12 heteroatoms. The second kappa shape index (κ2) is 11.1. The van der Waals surface area contributed by atoms with Gasteiger partial charge in [-0.1, -0.05) is 6.07 Å². The van der Waals surface area contributed by atoms with Crippen molar-refractivity contribution >= 4 is 50.0 Å². The molecule has 3 N–H and O–H groups in total. The Hall–Kier alpha value is -3.77. The van der Waals surface area contributed by atoms with Crippen LogP contribution in [0.15, 0.2) is 53.4 Å². The number of imide groups is 1. The molecule has 9 nitrogen and oxygen atoms in total. The number of ether oxygens (including phenoxy) is 1. The minimum Gasteiger partial charge on any atom is -0.450 e. The molecule has 0 radical (unpaired) electrons. The lowest BCUT2D eigenvalue weighted by Gasteiger charge is -2.13. The van der Waals surface area contributed by atoms with Crippen LogP contribution < -0.4 is 15.4 Å². The first-order valence-corrected chi connectivity index (χ1v) is 13.8. The molecule has 1 aliphatic rings. The van der Waals surface area contributed by atoms with Crippen LogP contribution in [0.4, 0.5) is 19.9 Å². The van der Waals surface area contributed by atoms with Crippen molar-refractivity contribution in [2.75, 3.05) is 16.6 Å². The highest BCUT2D eigenvalue weighted by Gasteiger charge is 2.28. The van der Waals surface area contributed by atoms with Gasteiger partial charge in [0.25, 0.3) is 21.8 Å².